The standard InChI is InChI=1S/C20H25N/c1-2-12-21-19-9-4-3-7-16-17-8-5-6-14-10-11-15(20(14)17)13-18(16)19/h5-6,8,13,19,21H,2-4,7,9-12H2,1H3. The summed E-state index contributed by atoms with van der Waals surface area (Å²) in [6.45, 7) is 3.40. The van der Waals surface area contributed by atoms with Crippen LogP contribution in [0.25, 0.3) is 10.8 Å². The highest BCUT2D eigenvalue weighted by molar-refractivity contribution is 5.94. The van der Waals surface area contributed by atoms with Gasteiger partial charge in [0.2, 0.25) is 0 Å². The molecule has 1 heteroatoms. The van der Waals surface area contributed by atoms with Crippen LogP contribution in [0.1, 0.15) is 60.9 Å². The maximum atomic E-state index is 3.80. The Kier molecular flexibility index (Phi) is 3.46. The lowest BCUT2D eigenvalue weighted by molar-refractivity contribution is 0.489. The number of nitrogens with one attached hydrogen (secondary N) is 1. The number of aryl methyl sites for hydroxylation is 3. The summed E-state index contributed by atoms with van der Waals surface area (Å²) in [5.41, 5.74) is 6.43. The molecule has 2 aromatic rings. The fraction of sp³-hybridized carbons (Fsp3) is 0.500. The van der Waals surface area contributed by atoms with Crippen molar-refractivity contribution in [2.45, 2.75) is 57.9 Å². The van der Waals surface area contributed by atoms with Gasteiger partial charge in [-0.05, 0) is 78.1 Å². The molecular formula is C20H25N. The minimum atomic E-state index is 0.576. The Morgan fingerprint density at radius 2 is 2.00 bits per heavy atom. The van der Waals surface area contributed by atoms with Crippen molar-refractivity contribution in [1.82, 2.24) is 5.32 Å². The highest BCUT2D eigenvalue weighted by Gasteiger charge is 2.24. The van der Waals surface area contributed by atoms with Gasteiger partial charge in [0, 0.05) is 6.04 Å². The van der Waals surface area contributed by atoms with Crippen molar-refractivity contribution in [3.8, 4) is 0 Å². The molecule has 2 aromatic carbocycles. The van der Waals surface area contributed by atoms with Crippen molar-refractivity contribution in [2.75, 3.05) is 6.54 Å². The predicted octanol–water partition coefficient (Wildman–Crippen LogP) is 4.71. The van der Waals surface area contributed by atoms with E-state index in [4.69, 9.17) is 0 Å². The maximum Gasteiger partial charge on any atom is 0.0323 e. The first-order chi connectivity index (χ1) is 10.4. The first kappa shape index (κ1) is 13.3. The normalized spacial score (nSPS) is 20.5. The molecule has 0 radical (unpaired) electrons. The molecule has 1 N–H and O–H groups in total. The van der Waals surface area contributed by atoms with E-state index in [2.05, 4.69) is 36.5 Å². The Hall–Kier alpha value is -1.34. The van der Waals surface area contributed by atoms with Gasteiger partial charge < -0.3 is 5.32 Å². The van der Waals surface area contributed by atoms with Gasteiger partial charge in [0.15, 0.2) is 0 Å². The molecule has 2 aliphatic rings. The second kappa shape index (κ2) is 5.46. The molecular weight excluding hydrogens is 254 g/mol. The quantitative estimate of drug-likeness (QED) is 0.803. The Balaban J connectivity index is 1.89. The zero-order chi connectivity index (χ0) is 14.2. The molecule has 21 heavy (non-hydrogen) atoms. The van der Waals surface area contributed by atoms with Crippen LogP contribution in [-0.4, -0.2) is 6.54 Å². The van der Waals surface area contributed by atoms with Crippen LogP contribution in [0, 0.1) is 0 Å². The average Bonchev–Trinajstić information content (AvgIpc) is 2.81. The Bertz CT molecular complexity index is 671. The van der Waals surface area contributed by atoms with Gasteiger partial charge in [-0.1, -0.05) is 37.6 Å². The third-order valence-electron chi connectivity index (χ3n) is 5.32. The van der Waals surface area contributed by atoms with Crippen LogP contribution < -0.4 is 5.32 Å². The first-order valence-electron chi connectivity index (χ1n) is 8.68. The van der Waals surface area contributed by atoms with Gasteiger partial charge in [0.25, 0.3) is 0 Å². The van der Waals surface area contributed by atoms with E-state index in [1.807, 2.05) is 0 Å². The molecule has 110 valence electrons. The van der Waals surface area contributed by atoms with Crippen molar-refractivity contribution in [1.29, 1.82) is 0 Å². The van der Waals surface area contributed by atoms with Crippen LogP contribution in [0.3, 0.4) is 0 Å². The first-order valence-corrected chi connectivity index (χ1v) is 8.68. The lowest BCUT2D eigenvalue weighted by Gasteiger charge is -2.21. The maximum absolute atomic E-state index is 3.80. The minimum absolute atomic E-state index is 0.576. The number of benzene rings is 2. The topological polar surface area (TPSA) is 12.0 Å². The van der Waals surface area contributed by atoms with Crippen LogP contribution in [0.4, 0.5) is 0 Å². The summed E-state index contributed by atoms with van der Waals surface area (Å²) in [6, 6.07) is 10.1. The molecule has 0 heterocycles. The summed E-state index contributed by atoms with van der Waals surface area (Å²) < 4.78 is 0. The third kappa shape index (κ3) is 2.19. The largest absolute Gasteiger partial charge is 0.310 e. The van der Waals surface area contributed by atoms with Crippen molar-refractivity contribution in [3.05, 3.63) is 46.5 Å². The Morgan fingerprint density at radius 1 is 1.10 bits per heavy atom. The summed E-state index contributed by atoms with van der Waals surface area (Å²) in [6.07, 6.45) is 8.96. The minimum Gasteiger partial charge on any atom is -0.310 e. The van der Waals surface area contributed by atoms with Crippen molar-refractivity contribution in [2.24, 2.45) is 0 Å². The molecule has 2 aliphatic carbocycles. The fourth-order valence-electron chi connectivity index (χ4n) is 4.33. The monoisotopic (exact) mass is 279 g/mol. The van der Waals surface area contributed by atoms with Gasteiger partial charge in [0.05, 0.1) is 0 Å². The number of fused-ring (bicyclic) bond motifs is 2. The van der Waals surface area contributed by atoms with Crippen LogP contribution in [-0.2, 0) is 19.3 Å². The Labute approximate surface area is 127 Å². The van der Waals surface area contributed by atoms with E-state index in [0.29, 0.717) is 6.04 Å². The van der Waals surface area contributed by atoms with Crippen molar-refractivity contribution in [3.63, 3.8) is 0 Å². The lowest BCUT2D eigenvalue weighted by atomic mass is 9.90. The SMILES string of the molecule is CCCNC1CCCCc2c1cc1c3c(cccc23)CC1. The third-order valence-corrected chi connectivity index (χ3v) is 5.32. The molecule has 0 saturated carbocycles. The average molecular weight is 279 g/mol. The van der Waals surface area contributed by atoms with Crippen LogP contribution in [0.5, 0.6) is 0 Å². The van der Waals surface area contributed by atoms with Gasteiger partial charge in [-0.15, -0.1) is 0 Å². The molecule has 0 spiro atoms. The second-order valence-electron chi connectivity index (χ2n) is 6.70. The number of hydrogen-bond donors (Lipinski definition) is 1. The molecule has 0 saturated heterocycles. The molecule has 0 fully saturated rings. The van der Waals surface area contributed by atoms with E-state index < -0.39 is 0 Å². The van der Waals surface area contributed by atoms with Gasteiger partial charge in [-0.25, -0.2) is 0 Å². The molecule has 1 nitrogen and oxygen atoms in total. The summed E-state index contributed by atoms with van der Waals surface area (Å²) in [7, 11) is 0. The summed E-state index contributed by atoms with van der Waals surface area (Å²) in [5, 5.41) is 6.95. The number of rotatable bonds is 3. The molecule has 0 aliphatic heterocycles. The van der Waals surface area contributed by atoms with Crippen LogP contribution >= 0.6 is 0 Å². The van der Waals surface area contributed by atoms with Crippen molar-refractivity contribution < 1.29 is 0 Å². The van der Waals surface area contributed by atoms with E-state index in [9.17, 15) is 0 Å². The van der Waals surface area contributed by atoms with Gasteiger partial charge >= 0.3 is 0 Å². The summed E-state index contributed by atoms with van der Waals surface area (Å²) >= 11 is 0. The molecule has 0 bridgehead atoms. The molecule has 0 amide bonds. The van der Waals surface area contributed by atoms with Gasteiger partial charge in [-0.2, -0.15) is 0 Å². The fourth-order valence-corrected chi connectivity index (χ4v) is 4.33. The molecule has 0 aromatic heterocycles. The van der Waals surface area contributed by atoms with Crippen molar-refractivity contribution >= 4 is 10.8 Å². The highest BCUT2D eigenvalue weighted by atomic mass is 14.9. The number of hydrogen-bond acceptors (Lipinski definition) is 1. The molecule has 1 unspecified atom stereocenters. The molecule has 4 rings (SSSR count). The highest BCUT2D eigenvalue weighted by Crippen LogP contribution is 2.39. The zero-order valence-corrected chi connectivity index (χ0v) is 13.0. The zero-order valence-electron chi connectivity index (χ0n) is 13.0. The predicted molar refractivity (Wildman–Crippen MR) is 89.9 cm³/mol. The lowest BCUT2D eigenvalue weighted by Crippen LogP contribution is -2.22. The van der Waals surface area contributed by atoms with Gasteiger partial charge in [0.1, 0.15) is 0 Å². The smallest absolute Gasteiger partial charge is 0.0323 e. The van der Waals surface area contributed by atoms with Crippen LogP contribution in [0.2, 0.25) is 0 Å². The summed E-state index contributed by atoms with van der Waals surface area (Å²) in [4.78, 5) is 0. The second-order valence-corrected chi connectivity index (χ2v) is 6.70. The van der Waals surface area contributed by atoms with E-state index in [1.165, 1.54) is 44.9 Å². The summed E-state index contributed by atoms with van der Waals surface area (Å²) in [5.74, 6) is 0. The molecule has 1 atom stereocenters. The van der Waals surface area contributed by atoms with E-state index in [1.54, 1.807) is 33.0 Å². The van der Waals surface area contributed by atoms with Gasteiger partial charge in [-0.3, -0.25) is 0 Å². The Morgan fingerprint density at radius 3 is 2.90 bits per heavy atom. The van der Waals surface area contributed by atoms with E-state index in [0.717, 1.165) is 6.54 Å². The van der Waals surface area contributed by atoms with E-state index >= 15 is 0 Å². The van der Waals surface area contributed by atoms with Crippen LogP contribution in [0.15, 0.2) is 24.3 Å². The van der Waals surface area contributed by atoms with E-state index in [-0.39, 0.29) is 0 Å².